The number of carbonyl (C=O) groups excluding carboxylic acids is 1. The Morgan fingerprint density at radius 3 is 2.11 bits per heavy atom. The molecule has 1 nitrogen and oxygen atoms in total. The first kappa shape index (κ1) is 20.8. The molecule has 150 valence electrons. The summed E-state index contributed by atoms with van der Waals surface area (Å²) in [6, 6.07) is 13.6. The minimum absolute atomic E-state index is 0.162. The van der Waals surface area contributed by atoms with Crippen LogP contribution < -0.4 is 0 Å². The largest absolute Gasteiger partial charge is 0.293 e. The standard InChI is InChI=1S/C26H33FO/c1-5-6-18-7-9-19(10-8-18)20-11-13-21(14-12-20)22-15-16-23(24(27)17-22)25(28)26(2,3)4/h11-19H,5-10H2,1-4H3. The fourth-order valence-electron chi connectivity index (χ4n) is 4.42. The number of carbonyl (C=O) groups is 1. The van der Waals surface area contributed by atoms with Crippen molar-refractivity contribution < 1.29 is 9.18 Å². The van der Waals surface area contributed by atoms with E-state index in [-0.39, 0.29) is 11.3 Å². The monoisotopic (exact) mass is 380 g/mol. The Kier molecular flexibility index (Phi) is 6.37. The molecule has 0 bridgehead atoms. The summed E-state index contributed by atoms with van der Waals surface area (Å²) in [6.45, 7) is 7.73. The van der Waals surface area contributed by atoms with Gasteiger partial charge in [-0.15, -0.1) is 0 Å². The Balaban J connectivity index is 1.72. The normalized spacial score (nSPS) is 20.2. The van der Waals surface area contributed by atoms with E-state index in [2.05, 4.69) is 31.2 Å². The topological polar surface area (TPSA) is 17.1 Å². The first-order valence-electron chi connectivity index (χ1n) is 10.7. The van der Waals surface area contributed by atoms with Gasteiger partial charge in [0, 0.05) is 5.41 Å². The minimum atomic E-state index is -0.583. The molecular formula is C26H33FO. The van der Waals surface area contributed by atoms with Crippen molar-refractivity contribution in [2.75, 3.05) is 0 Å². The second kappa shape index (κ2) is 8.59. The molecule has 1 aliphatic carbocycles. The highest BCUT2D eigenvalue weighted by atomic mass is 19.1. The van der Waals surface area contributed by atoms with E-state index in [1.165, 1.54) is 50.2 Å². The molecule has 3 rings (SSSR count). The SMILES string of the molecule is CCCC1CCC(c2ccc(-c3ccc(C(=O)C(C)(C)C)c(F)c3)cc2)CC1. The third kappa shape index (κ3) is 4.71. The predicted octanol–water partition coefficient (Wildman–Crippen LogP) is 7.80. The summed E-state index contributed by atoms with van der Waals surface area (Å²) >= 11 is 0. The quantitative estimate of drug-likeness (QED) is 0.484. The number of rotatable bonds is 5. The smallest absolute Gasteiger partial charge is 0.171 e. The highest BCUT2D eigenvalue weighted by Gasteiger charge is 2.26. The van der Waals surface area contributed by atoms with Gasteiger partial charge in [0.2, 0.25) is 0 Å². The van der Waals surface area contributed by atoms with Gasteiger partial charge in [-0.25, -0.2) is 4.39 Å². The van der Waals surface area contributed by atoms with Crippen LogP contribution in [0.1, 0.15) is 88.1 Å². The predicted molar refractivity (Wildman–Crippen MR) is 115 cm³/mol. The summed E-state index contributed by atoms with van der Waals surface area (Å²) < 4.78 is 14.6. The van der Waals surface area contributed by atoms with E-state index in [1.54, 1.807) is 6.07 Å². The molecule has 1 aliphatic rings. The molecule has 1 fully saturated rings. The van der Waals surface area contributed by atoms with Crippen molar-refractivity contribution >= 4 is 5.78 Å². The Labute approximate surface area is 169 Å². The third-order valence-corrected chi connectivity index (χ3v) is 6.15. The zero-order chi connectivity index (χ0) is 20.3. The molecule has 0 radical (unpaired) electrons. The fourth-order valence-corrected chi connectivity index (χ4v) is 4.42. The van der Waals surface area contributed by atoms with Crippen molar-refractivity contribution in [1.29, 1.82) is 0 Å². The molecule has 28 heavy (non-hydrogen) atoms. The Bertz CT molecular complexity index is 805. The first-order valence-corrected chi connectivity index (χ1v) is 10.7. The Morgan fingerprint density at radius 1 is 0.964 bits per heavy atom. The zero-order valence-electron chi connectivity index (χ0n) is 17.7. The van der Waals surface area contributed by atoms with Gasteiger partial charge in [-0.05, 0) is 66.3 Å². The van der Waals surface area contributed by atoms with E-state index in [0.717, 1.165) is 17.0 Å². The molecule has 2 heteroatoms. The zero-order valence-corrected chi connectivity index (χ0v) is 17.7. The molecule has 0 N–H and O–H groups in total. The third-order valence-electron chi connectivity index (χ3n) is 6.15. The van der Waals surface area contributed by atoms with Crippen molar-refractivity contribution in [1.82, 2.24) is 0 Å². The molecular weight excluding hydrogens is 347 g/mol. The molecule has 0 spiro atoms. The molecule has 1 saturated carbocycles. The number of hydrogen-bond donors (Lipinski definition) is 0. The van der Waals surface area contributed by atoms with E-state index in [1.807, 2.05) is 26.8 Å². The van der Waals surface area contributed by atoms with E-state index in [9.17, 15) is 9.18 Å². The number of Topliss-reactive ketones (excluding diaryl/α,β-unsaturated/α-hetero) is 1. The number of halogens is 1. The number of hydrogen-bond acceptors (Lipinski definition) is 1. The summed E-state index contributed by atoms with van der Waals surface area (Å²) in [7, 11) is 0. The summed E-state index contributed by atoms with van der Waals surface area (Å²) in [5.74, 6) is 0.977. The lowest BCUT2D eigenvalue weighted by Crippen LogP contribution is -2.21. The maximum atomic E-state index is 14.6. The molecule has 0 saturated heterocycles. The minimum Gasteiger partial charge on any atom is -0.293 e. The van der Waals surface area contributed by atoms with Gasteiger partial charge in [0.1, 0.15) is 5.82 Å². The van der Waals surface area contributed by atoms with Crippen molar-refractivity contribution in [3.63, 3.8) is 0 Å². The van der Waals surface area contributed by atoms with Crippen LogP contribution in [0.5, 0.6) is 0 Å². The van der Waals surface area contributed by atoms with Gasteiger partial charge in [0.15, 0.2) is 5.78 Å². The summed E-state index contributed by atoms with van der Waals surface area (Å²) in [4.78, 5) is 12.4. The van der Waals surface area contributed by atoms with Crippen molar-refractivity contribution in [2.45, 2.75) is 72.1 Å². The first-order chi connectivity index (χ1) is 13.3. The van der Waals surface area contributed by atoms with Gasteiger partial charge in [-0.2, -0.15) is 0 Å². The van der Waals surface area contributed by atoms with Gasteiger partial charge < -0.3 is 0 Å². The average molecular weight is 381 g/mol. The summed E-state index contributed by atoms with van der Waals surface area (Å²) in [5, 5.41) is 0. The van der Waals surface area contributed by atoms with Crippen LogP contribution in [-0.4, -0.2) is 5.78 Å². The molecule has 2 aromatic rings. The van der Waals surface area contributed by atoms with E-state index in [4.69, 9.17) is 0 Å². The fraction of sp³-hybridized carbons (Fsp3) is 0.500. The van der Waals surface area contributed by atoms with E-state index < -0.39 is 11.2 Å². The van der Waals surface area contributed by atoms with Crippen LogP contribution in [0.15, 0.2) is 42.5 Å². The van der Waals surface area contributed by atoms with Gasteiger partial charge in [0.05, 0.1) is 5.56 Å². The van der Waals surface area contributed by atoms with Crippen molar-refractivity contribution in [3.8, 4) is 11.1 Å². The highest BCUT2D eigenvalue weighted by Crippen LogP contribution is 2.38. The second-order valence-electron chi connectivity index (χ2n) is 9.40. The van der Waals surface area contributed by atoms with Crippen LogP contribution in [0.3, 0.4) is 0 Å². The molecule has 0 unspecified atom stereocenters. The van der Waals surface area contributed by atoms with Crippen LogP contribution >= 0.6 is 0 Å². The molecule has 0 atom stereocenters. The van der Waals surface area contributed by atoms with Crippen LogP contribution in [0, 0.1) is 17.2 Å². The lowest BCUT2D eigenvalue weighted by atomic mass is 9.77. The van der Waals surface area contributed by atoms with Crippen LogP contribution in [-0.2, 0) is 0 Å². The van der Waals surface area contributed by atoms with Gasteiger partial charge in [0.25, 0.3) is 0 Å². The molecule has 0 heterocycles. The van der Waals surface area contributed by atoms with Gasteiger partial charge >= 0.3 is 0 Å². The molecule has 0 amide bonds. The van der Waals surface area contributed by atoms with Crippen molar-refractivity contribution in [3.05, 3.63) is 59.4 Å². The maximum Gasteiger partial charge on any atom is 0.171 e. The average Bonchev–Trinajstić information content (AvgIpc) is 2.68. The van der Waals surface area contributed by atoms with Crippen LogP contribution in [0.4, 0.5) is 4.39 Å². The van der Waals surface area contributed by atoms with Gasteiger partial charge in [-0.1, -0.05) is 70.9 Å². The second-order valence-corrected chi connectivity index (χ2v) is 9.40. The van der Waals surface area contributed by atoms with Crippen LogP contribution in [0.25, 0.3) is 11.1 Å². The number of benzene rings is 2. The molecule has 0 aromatic heterocycles. The van der Waals surface area contributed by atoms with Crippen LogP contribution in [0.2, 0.25) is 0 Å². The lowest BCUT2D eigenvalue weighted by Gasteiger charge is -2.28. The Hall–Kier alpha value is -1.96. The molecule has 2 aromatic carbocycles. The van der Waals surface area contributed by atoms with Gasteiger partial charge in [-0.3, -0.25) is 4.79 Å². The van der Waals surface area contributed by atoms with Crippen molar-refractivity contribution in [2.24, 2.45) is 11.3 Å². The summed E-state index contributed by atoms with van der Waals surface area (Å²) in [6.07, 6.45) is 7.90. The lowest BCUT2D eigenvalue weighted by molar-refractivity contribution is 0.0854. The Morgan fingerprint density at radius 2 is 1.57 bits per heavy atom. The molecule has 0 aliphatic heterocycles. The highest BCUT2D eigenvalue weighted by molar-refractivity contribution is 6.00. The van der Waals surface area contributed by atoms with E-state index >= 15 is 0 Å². The van der Waals surface area contributed by atoms with E-state index in [0.29, 0.717) is 5.92 Å². The number of ketones is 1. The maximum absolute atomic E-state index is 14.6. The summed E-state index contributed by atoms with van der Waals surface area (Å²) in [5.41, 5.74) is 2.81.